The fraction of sp³-hybridized carbons (Fsp3) is 0.406. The van der Waals surface area contributed by atoms with E-state index < -0.39 is 5.60 Å². The van der Waals surface area contributed by atoms with Gasteiger partial charge in [0.25, 0.3) is 5.89 Å². The number of rotatable bonds is 9. The van der Waals surface area contributed by atoms with Crippen LogP contribution < -0.4 is 14.8 Å². The van der Waals surface area contributed by atoms with E-state index in [2.05, 4.69) is 63.5 Å². The molecule has 0 aliphatic heterocycles. The number of alkyl carbamates (subject to hydrolysis) is 1. The third-order valence-electron chi connectivity index (χ3n) is 7.09. The first-order chi connectivity index (χ1) is 19.9. The van der Waals surface area contributed by atoms with E-state index in [9.17, 15) is 4.79 Å². The summed E-state index contributed by atoms with van der Waals surface area (Å²) in [6.07, 6.45) is 2.87. The number of amides is 1. The Morgan fingerprint density at radius 2 is 1.57 bits per heavy atom. The predicted molar refractivity (Wildman–Crippen MR) is 156 cm³/mol. The summed E-state index contributed by atoms with van der Waals surface area (Å²) in [4.78, 5) is 24.8. The fourth-order valence-corrected chi connectivity index (χ4v) is 4.66. The quantitative estimate of drug-likeness (QED) is 0.251. The van der Waals surface area contributed by atoms with Gasteiger partial charge in [-0.2, -0.15) is 4.98 Å². The highest BCUT2D eigenvalue weighted by atomic mass is 16.6. The second-order valence-electron chi connectivity index (χ2n) is 12.0. The van der Waals surface area contributed by atoms with Crippen molar-refractivity contribution in [1.82, 2.24) is 25.4 Å². The second kappa shape index (κ2) is 11.8. The predicted octanol–water partition coefficient (Wildman–Crippen LogP) is 6.17. The van der Waals surface area contributed by atoms with Gasteiger partial charge in [-0.3, -0.25) is 0 Å². The van der Waals surface area contributed by atoms with Crippen molar-refractivity contribution in [3.8, 4) is 23.2 Å². The molecule has 2 heterocycles. The molecule has 1 fully saturated rings. The van der Waals surface area contributed by atoms with Crippen LogP contribution in [-0.2, 0) is 16.8 Å². The van der Waals surface area contributed by atoms with Crippen LogP contribution in [0.15, 0.2) is 65.3 Å². The molecule has 1 saturated carbocycles. The standard InChI is InChI=1S/C32H37N5O5/c1-20-34-29(42-37-20)28-33-16-15-23(35-28)19-39-25-11-7-21(8-12-25)32(5,6)22-9-13-26(14-10-22)40-27-17-24(18-27)36-30(38)41-31(2,3)4/h7-16,24,27H,17-19H2,1-6H3,(H,36,38)/t24-,27-. The number of nitrogens with one attached hydrogen (secondary N) is 1. The van der Waals surface area contributed by atoms with Crippen LogP contribution in [-0.4, -0.2) is 43.9 Å². The van der Waals surface area contributed by atoms with Crippen LogP contribution in [0.3, 0.4) is 0 Å². The lowest BCUT2D eigenvalue weighted by Gasteiger charge is -2.36. The number of aromatic nitrogens is 4. The van der Waals surface area contributed by atoms with E-state index in [4.69, 9.17) is 18.7 Å². The molecular weight excluding hydrogens is 534 g/mol. The summed E-state index contributed by atoms with van der Waals surface area (Å²) < 4.78 is 22.6. The van der Waals surface area contributed by atoms with Crippen molar-refractivity contribution in [3.05, 3.63) is 83.4 Å². The summed E-state index contributed by atoms with van der Waals surface area (Å²) in [7, 11) is 0. The third-order valence-corrected chi connectivity index (χ3v) is 7.09. The number of hydrogen-bond donors (Lipinski definition) is 1. The number of nitrogens with zero attached hydrogens (tertiary/aromatic N) is 4. The smallest absolute Gasteiger partial charge is 0.407 e. The average Bonchev–Trinajstić information content (AvgIpc) is 3.37. The zero-order valence-corrected chi connectivity index (χ0v) is 24.9. The summed E-state index contributed by atoms with van der Waals surface area (Å²) in [5.74, 6) is 2.75. The normalized spacial score (nSPS) is 16.8. The topological polar surface area (TPSA) is 121 Å². The SMILES string of the molecule is Cc1noc(-c2nccc(COc3ccc(C(C)(C)c4ccc(O[C@H]5C[C@H](NC(=O)OC(C)(C)C)C5)cc4)cc3)n2)n1. The molecule has 0 radical (unpaired) electrons. The summed E-state index contributed by atoms with van der Waals surface area (Å²) in [6, 6.07) is 18.2. The first-order valence-corrected chi connectivity index (χ1v) is 14.1. The first-order valence-electron chi connectivity index (χ1n) is 14.1. The maximum Gasteiger partial charge on any atom is 0.407 e. The van der Waals surface area contributed by atoms with E-state index in [0.29, 0.717) is 17.3 Å². The maximum atomic E-state index is 11.9. The lowest BCUT2D eigenvalue weighted by molar-refractivity contribution is 0.0363. The van der Waals surface area contributed by atoms with Crippen molar-refractivity contribution in [2.75, 3.05) is 0 Å². The van der Waals surface area contributed by atoms with E-state index in [1.165, 1.54) is 5.56 Å². The molecule has 0 unspecified atom stereocenters. The minimum Gasteiger partial charge on any atom is -0.490 e. The minimum atomic E-state index is -0.504. The molecule has 10 heteroatoms. The summed E-state index contributed by atoms with van der Waals surface area (Å²) >= 11 is 0. The molecule has 1 N–H and O–H groups in total. The highest BCUT2D eigenvalue weighted by molar-refractivity contribution is 5.68. The highest BCUT2D eigenvalue weighted by Crippen LogP contribution is 2.34. The molecule has 2 aromatic heterocycles. The highest BCUT2D eigenvalue weighted by Gasteiger charge is 2.33. The van der Waals surface area contributed by atoms with Crippen LogP contribution in [0.2, 0.25) is 0 Å². The Balaban J connectivity index is 1.12. The van der Waals surface area contributed by atoms with Crippen molar-refractivity contribution in [2.45, 2.75) is 84.2 Å². The van der Waals surface area contributed by atoms with Gasteiger partial charge in [0.1, 0.15) is 29.8 Å². The number of ether oxygens (including phenoxy) is 3. The third kappa shape index (κ3) is 7.23. The molecule has 42 heavy (non-hydrogen) atoms. The van der Waals surface area contributed by atoms with Gasteiger partial charge in [-0.1, -0.05) is 43.3 Å². The van der Waals surface area contributed by atoms with Crippen LogP contribution in [0, 0.1) is 6.92 Å². The zero-order valence-electron chi connectivity index (χ0n) is 24.9. The summed E-state index contributed by atoms with van der Waals surface area (Å²) in [5, 5.41) is 6.69. The Hall–Kier alpha value is -4.47. The minimum absolute atomic E-state index is 0.0771. The van der Waals surface area contributed by atoms with Crippen LogP contribution in [0.25, 0.3) is 11.7 Å². The van der Waals surface area contributed by atoms with Gasteiger partial charge in [0.15, 0.2) is 5.82 Å². The van der Waals surface area contributed by atoms with Crippen LogP contribution in [0.4, 0.5) is 4.79 Å². The molecule has 10 nitrogen and oxygen atoms in total. The maximum absolute atomic E-state index is 11.9. The Kier molecular flexibility index (Phi) is 8.15. The number of benzene rings is 2. The Labute approximate surface area is 245 Å². The van der Waals surface area contributed by atoms with Gasteiger partial charge in [0, 0.05) is 30.5 Å². The molecule has 1 aliphatic rings. The van der Waals surface area contributed by atoms with Crippen LogP contribution in [0.5, 0.6) is 11.5 Å². The Morgan fingerprint density at radius 1 is 0.929 bits per heavy atom. The van der Waals surface area contributed by atoms with Crippen LogP contribution in [0.1, 0.15) is 70.1 Å². The molecule has 0 spiro atoms. The molecule has 4 aromatic rings. The fourth-order valence-electron chi connectivity index (χ4n) is 4.66. The van der Waals surface area contributed by atoms with Gasteiger partial charge in [-0.25, -0.2) is 14.8 Å². The van der Waals surface area contributed by atoms with E-state index in [0.717, 1.165) is 29.9 Å². The van der Waals surface area contributed by atoms with E-state index in [1.807, 2.05) is 45.0 Å². The van der Waals surface area contributed by atoms with Crippen molar-refractivity contribution in [2.24, 2.45) is 0 Å². The first kappa shape index (κ1) is 29.0. The number of hydrogen-bond acceptors (Lipinski definition) is 9. The Morgan fingerprint density at radius 3 is 2.17 bits per heavy atom. The monoisotopic (exact) mass is 571 g/mol. The molecule has 0 bridgehead atoms. The van der Waals surface area contributed by atoms with E-state index in [-0.39, 0.29) is 36.2 Å². The molecule has 5 rings (SSSR count). The molecule has 220 valence electrons. The summed E-state index contributed by atoms with van der Waals surface area (Å²) in [6.45, 7) is 12.0. The van der Waals surface area contributed by atoms with Crippen molar-refractivity contribution in [1.29, 1.82) is 0 Å². The van der Waals surface area contributed by atoms with Crippen molar-refractivity contribution < 1.29 is 23.5 Å². The van der Waals surface area contributed by atoms with Gasteiger partial charge in [-0.15, -0.1) is 0 Å². The zero-order chi connectivity index (χ0) is 29.9. The summed E-state index contributed by atoms with van der Waals surface area (Å²) in [5.41, 5.74) is 2.32. The second-order valence-corrected chi connectivity index (χ2v) is 12.0. The van der Waals surface area contributed by atoms with Gasteiger partial charge in [-0.05, 0) is 69.2 Å². The molecule has 0 atom stereocenters. The molecule has 1 amide bonds. The molecule has 2 aromatic carbocycles. The van der Waals surface area contributed by atoms with Crippen LogP contribution >= 0.6 is 0 Å². The van der Waals surface area contributed by atoms with Gasteiger partial charge >= 0.3 is 6.09 Å². The van der Waals surface area contributed by atoms with E-state index in [1.54, 1.807) is 19.2 Å². The number of carbonyl (C=O) groups excluding carboxylic acids is 1. The lowest BCUT2D eigenvalue weighted by atomic mass is 9.78. The van der Waals surface area contributed by atoms with E-state index >= 15 is 0 Å². The van der Waals surface area contributed by atoms with Gasteiger partial charge in [0.05, 0.1) is 5.69 Å². The molecular formula is C32H37N5O5. The van der Waals surface area contributed by atoms with Gasteiger partial charge < -0.3 is 24.1 Å². The number of carbonyl (C=O) groups is 1. The number of aryl methyl sites for hydroxylation is 1. The molecule has 0 saturated heterocycles. The average molecular weight is 572 g/mol. The van der Waals surface area contributed by atoms with Crippen molar-refractivity contribution >= 4 is 6.09 Å². The molecule has 1 aliphatic carbocycles. The largest absolute Gasteiger partial charge is 0.490 e. The Bertz CT molecular complexity index is 1500. The lowest BCUT2D eigenvalue weighted by Crippen LogP contribution is -2.50. The van der Waals surface area contributed by atoms with Gasteiger partial charge in [0.2, 0.25) is 5.82 Å². The van der Waals surface area contributed by atoms with Crippen molar-refractivity contribution in [3.63, 3.8) is 0 Å².